The maximum Gasteiger partial charge on any atom is 0.304 e. The van der Waals surface area contributed by atoms with Crippen LogP contribution < -0.4 is 0 Å². The molecule has 104 valence electrons. The van der Waals surface area contributed by atoms with Crippen molar-refractivity contribution in [2.45, 2.75) is 32.8 Å². The molecule has 0 saturated heterocycles. The van der Waals surface area contributed by atoms with Gasteiger partial charge in [0.25, 0.3) is 0 Å². The van der Waals surface area contributed by atoms with E-state index in [1.54, 1.807) is 0 Å². The second-order valence-corrected chi connectivity index (χ2v) is 5.59. The van der Waals surface area contributed by atoms with Crippen LogP contribution >= 0.6 is 0 Å². The molecule has 0 aromatic heterocycles. The zero-order chi connectivity index (χ0) is 14.8. The Morgan fingerprint density at radius 1 is 1.40 bits per heavy atom. The summed E-state index contributed by atoms with van der Waals surface area (Å²) in [6.45, 7) is 5.34. The molecule has 1 aliphatic carbocycles. The Labute approximate surface area is 120 Å². The van der Waals surface area contributed by atoms with Crippen LogP contribution in [0.25, 0.3) is 6.08 Å². The fraction of sp³-hybridized carbons (Fsp3) is 0.389. The standard InChI is InChI=1S/C18H20O2/c1-5-18(4,20-14(3)19)17-12-16(17)13(2)11-15-9-7-6-8-10-15/h1,6-11,16-17H,12H2,2-4H3/b13-11+/t16-,17+,18?/m0/s1. The smallest absolute Gasteiger partial charge is 0.304 e. The van der Waals surface area contributed by atoms with Gasteiger partial charge in [-0.15, -0.1) is 6.42 Å². The van der Waals surface area contributed by atoms with Crippen molar-refractivity contribution in [1.29, 1.82) is 0 Å². The molecular weight excluding hydrogens is 248 g/mol. The van der Waals surface area contributed by atoms with Gasteiger partial charge in [-0.25, -0.2) is 0 Å². The molecular formula is C18H20O2. The highest BCUT2D eigenvalue weighted by molar-refractivity contribution is 5.67. The number of benzene rings is 1. The summed E-state index contributed by atoms with van der Waals surface area (Å²) in [5.41, 5.74) is 1.68. The van der Waals surface area contributed by atoms with Crippen LogP contribution in [-0.4, -0.2) is 11.6 Å². The van der Waals surface area contributed by atoms with Crippen molar-refractivity contribution in [2.24, 2.45) is 11.8 Å². The van der Waals surface area contributed by atoms with Gasteiger partial charge >= 0.3 is 5.97 Å². The monoisotopic (exact) mass is 268 g/mol. The highest BCUT2D eigenvalue weighted by Gasteiger charge is 2.52. The molecule has 1 aromatic carbocycles. The van der Waals surface area contributed by atoms with Gasteiger partial charge < -0.3 is 4.74 Å². The number of esters is 1. The van der Waals surface area contributed by atoms with Crippen molar-refractivity contribution in [3.05, 3.63) is 41.5 Å². The van der Waals surface area contributed by atoms with Gasteiger partial charge in [0.2, 0.25) is 0 Å². The minimum absolute atomic E-state index is 0.219. The third kappa shape index (κ3) is 3.11. The second kappa shape index (κ2) is 5.54. The third-order valence-electron chi connectivity index (χ3n) is 3.92. The van der Waals surface area contributed by atoms with E-state index in [0.717, 1.165) is 6.42 Å². The van der Waals surface area contributed by atoms with Crippen LogP contribution in [0.2, 0.25) is 0 Å². The molecule has 20 heavy (non-hydrogen) atoms. The quantitative estimate of drug-likeness (QED) is 0.615. The fourth-order valence-electron chi connectivity index (χ4n) is 2.74. The minimum atomic E-state index is -0.789. The van der Waals surface area contributed by atoms with Gasteiger partial charge in [-0.2, -0.15) is 0 Å². The average molecular weight is 268 g/mol. The summed E-state index contributed by atoms with van der Waals surface area (Å²) in [5.74, 6) is 2.95. The first-order chi connectivity index (χ1) is 9.46. The summed E-state index contributed by atoms with van der Waals surface area (Å²) in [4.78, 5) is 11.2. The number of rotatable bonds is 4. The summed E-state index contributed by atoms with van der Waals surface area (Å²) in [6.07, 6.45) is 8.72. The number of carbonyl (C=O) groups excluding carboxylic acids is 1. The highest BCUT2D eigenvalue weighted by Crippen LogP contribution is 2.52. The van der Waals surface area contributed by atoms with Crippen LogP contribution in [0.3, 0.4) is 0 Å². The first-order valence-corrected chi connectivity index (χ1v) is 6.87. The number of terminal acetylenes is 1. The average Bonchev–Trinajstić information content (AvgIpc) is 3.20. The molecule has 1 fully saturated rings. The van der Waals surface area contributed by atoms with Crippen molar-refractivity contribution in [3.63, 3.8) is 0 Å². The zero-order valence-electron chi connectivity index (χ0n) is 12.2. The lowest BCUT2D eigenvalue weighted by Crippen LogP contribution is -2.32. The maximum absolute atomic E-state index is 11.2. The largest absolute Gasteiger partial charge is 0.446 e. The van der Waals surface area contributed by atoms with Gasteiger partial charge in [0.1, 0.15) is 0 Å². The lowest BCUT2D eigenvalue weighted by atomic mass is 9.96. The molecule has 0 heterocycles. The van der Waals surface area contributed by atoms with Gasteiger partial charge in [0, 0.05) is 12.8 Å². The summed E-state index contributed by atoms with van der Waals surface area (Å²) < 4.78 is 5.34. The lowest BCUT2D eigenvalue weighted by Gasteiger charge is -2.23. The van der Waals surface area contributed by atoms with Crippen molar-refractivity contribution in [3.8, 4) is 12.3 Å². The minimum Gasteiger partial charge on any atom is -0.446 e. The van der Waals surface area contributed by atoms with Crippen LogP contribution in [0.4, 0.5) is 0 Å². The molecule has 0 amide bonds. The van der Waals surface area contributed by atoms with E-state index in [1.165, 1.54) is 18.1 Å². The molecule has 1 saturated carbocycles. The molecule has 0 bridgehead atoms. The summed E-state index contributed by atoms with van der Waals surface area (Å²) in [6, 6.07) is 10.2. The topological polar surface area (TPSA) is 26.3 Å². The van der Waals surface area contributed by atoms with E-state index in [0.29, 0.717) is 5.92 Å². The number of carbonyl (C=O) groups is 1. The highest BCUT2D eigenvalue weighted by atomic mass is 16.6. The van der Waals surface area contributed by atoms with Gasteiger partial charge in [0.05, 0.1) is 0 Å². The molecule has 0 aliphatic heterocycles. The van der Waals surface area contributed by atoms with Crippen molar-refractivity contribution in [1.82, 2.24) is 0 Å². The molecule has 2 heteroatoms. The van der Waals surface area contributed by atoms with E-state index < -0.39 is 5.60 Å². The number of allylic oxidation sites excluding steroid dienone is 1. The molecule has 1 unspecified atom stereocenters. The molecule has 3 atom stereocenters. The van der Waals surface area contributed by atoms with E-state index >= 15 is 0 Å². The third-order valence-corrected chi connectivity index (χ3v) is 3.92. The Balaban J connectivity index is 2.09. The predicted octanol–water partition coefficient (Wildman–Crippen LogP) is 3.68. The summed E-state index contributed by atoms with van der Waals surface area (Å²) >= 11 is 0. The number of hydrogen-bond donors (Lipinski definition) is 0. The maximum atomic E-state index is 11.2. The first kappa shape index (κ1) is 14.4. The SMILES string of the molecule is C#CC(C)(OC(C)=O)[C@@H]1C[C@H]1/C(C)=C/c1ccccc1. The molecule has 2 rings (SSSR count). The van der Waals surface area contributed by atoms with E-state index in [2.05, 4.69) is 31.1 Å². The fourth-order valence-corrected chi connectivity index (χ4v) is 2.74. The van der Waals surface area contributed by atoms with Crippen LogP contribution in [0, 0.1) is 24.2 Å². The van der Waals surface area contributed by atoms with Crippen LogP contribution in [0.15, 0.2) is 35.9 Å². The molecule has 0 N–H and O–H groups in total. The Hall–Kier alpha value is -2.01. The van der Waals surface area contributed by atoms with Crippen LogP contribution in [0.5, 0.6) is 0 Å². The van der Waals surface area contributed by atoms with Gasteiger partial charge in [-0.05, 0) is 31.7 Å². The number of hydrogen-bond acceptors (Lipinski definition) is 2. The van der Waals surface area contributed by atoms with Gasteiger partial charge in [-0.1, -0.05) is 47.9 Å². The summed E-state index contributed by atoms with van der Waals surface area (Å²) in [5, 5.41) is 0. The summed E-state index contributed by atoms with van der Waals surface area (Å²) in [7, 11) is 0. The van der Waals surface area contributed by atoms with E-state index in [9.17, 15) is 4.79 Å². The van der Waals surface area contributed by atoms with Crippen molar-refractivity contribution in [2.75, 3.05) is 0 Å². The molecule has 2 nitrogen and oxygen atoms in total. The lowest BCUT2D eigenvalue weighted by molar-refractivity contribution is -0.151. The van der Waals surface area contributed by atoms with E-state index in [4.69, 9.17) is 11.2 Å². The first-order valence-electron chi connectivity index (χ1n) is 6.87. The van der Waals surface area contributed by atoms with Crippen molar-refractivity contribution < 1.29 is 9.53 Å². The Morgan fingerprint density at radius 2 is 2.05 bits per heavy atom. The molecule has 0 radical (unpaired) electrons. The normalized spacial score (nSPS) is 24.4. The second-order valence-electron chi connectivity index (χ2n) is 5.59. The van der Waals surface area contributed by atoms with Crippen molar-refractivity contribution >= 4 is 12.0 Å². The van der Waals surface area contributed by atoms with E-state index in [-0.39, 0.29) is 11.9 Å². The molecule has 1 aliphatic rings. The Kier molecular flexibility index (Phi) is 3.99. The van der Waals surface area contributed by atoms with Crippen LogP contribution in [-0.2, 0) is 9.53 Å². The van der Waals surface area contributed by atoms with Gasteiger partial charge in [0.15, 0.2) is 5.60 Å². The Bertz CT molecular complexity index is 565. The number of ether oxygens (including phenoxy) is 1. The zero-order valence-corrected chi connectivity index (χ0v) is 12.2. The van der Waals surface area contributed by atoms with Gasteiger partial charge in [-0.3, -0.25) is 4.79 Å². The van der Waals surface area contributed by atoms with E-state index in [1.807, 2.05) is 25.1 Å². The molecule has 1 aromatic rings. The van der Waals surface area contributed by atoms with Crippen LogP contribution in [0.1, 0.15) is 32.8 Å². The molecule has 0 spiro atoms. The predicted molar refractivity (Wildman–Crippen MR) is 80.7 cm³/mol. The Morgan fingerprint density at radius 3 is 2.60 bits per heavy atom.